The third-order valence-corrected chi connectivity index (χ3v) is 1.39. The fourth-order valence-corrected chi connectivity index (χ4v) is 0.965. The van der Waals surface area contributed by atoms with E-state index >= 15 is 0 Å². The molecule has 1 saturated heterocycles. The number of hydrogen-bond acceptors (Lipinski definition) is 3. The van der Waals surface area contributed by atoms with Gasteiger partial charge in [-0.3, -0.25) is 0 Å². The van der Waals surface area contributed by atoms with E-state index in [0.29, 0.717) is 13.0 Å². The summed E-state index contributed by atoms with van der Waals surface area (Å²) in [4.78, 5) is 0. The molecular weight excluding hydrogens is 130 g/mol. The van der Waals surface area contributed by atoms with Crippen LogP contribution in [0.1, 0.15) is 20.3 Å². The van der Waals surface area contributed by atoms with E-state index in [1.165, 1.54) is 0 Å². The molecule has 0 radical (unpaired) electrons. The first kappa shape index (κ1) is 7.52. The standard InChI is InChI=1S/C7H11NO2/c1-7(2)9-5-6(10-7)3-4-8/h6H,3,5H2,1-2H3/t6-/m1/s1. The Balaban J connectivity index is 2.38. The van der Waals surface area contributed by atoms with Gasteiger partial charge in [0.05, 0.1) is 25.2 Å². The summed E-state index contributed by atoms with van der Waals surface area (Å²) in [6.45, 7) is 4.25. The molecule has 0 N–H and O–H groups in total. The quantitative estimate of drug-likeness (QED) is 0.548. The maximum atomic E-state index is 8.31. The van der Waals surface area contributed by atoms with Gasteiger partial charge in [0.15, 0.2) is 5.79 Å². The molecule has 1 aliphatic rings. The number of hydrogen-bond donors (Lipinski definition) is 0. The summed E-state index contributed by atoms with van der Waals surface area (Å²) in [5.74, 6) is -0.485. The van der Waals surface area contributed by atoms with Crippen LogP contribution in [0.4, 0.5) is 0 Å². The Morgan fingerprint density at radius 3 is 2.80 bits per heavy atom. The zero-order valence-electron chi connectivity index (χ0n) is 6.26. The molecule has 1 aliphatic heterocycles. The van der Waals surface area contributed by atoms with Crippen LogP contribution >= 0.6 is 0 Å². The molecule has 0 aromatic rings. The van der Waals surface area contributed by atoms with Gasteiger partial charge in [-0.1, -0.05) is 0 Å². The molecular formula is C7H11NO2. The molecule has 0 unspecified atom stereocenters. The van der Waals surface area contributed by atoms with Gasteiger partial charge in [-0.15, -0.1) is 0 Å². The molecule has 0 aliphatic carbocycles. The Morgan fingerprint density at radius 1 is 1.70 bits per heavy atom. The van der Waals surface area contributed by atoms with Crippen LogP contribution in [0.5, 0.6) is 0 Å². The minimum atomic E-state index is -0.485. The van der Waals surface area contributed by atoms with Crippen molar-refractivity contribution in [3.05, 3.63) is 0 Å². The van der Waals surface area contributed by atoms with Crippen molar-refractivity contribution in [2.24, 2.45) is 0 Å². The number of rotatable bonds is 1. The molecule has 0 saturated carbocycles. The lowest BCUT2D eigenvalue weighted by Crippen LogP contribution is -2.21. The predicted molar refractivity (Wildman–Crippen MR) is 35.1 cm³/mol. The molecule has 0 amide bonds. The summed E-state index contributed by atoms with van der Waals surface area (Å²) >= 11 is 0. The molecule has 0 bridgehead atoms. The van der Waals surface area contributed by atoms with Gasteiger partial charge in [0.2, 0.25) is 0 Å². The van der Waals surface area contributed by atoms with Crippen LogP contribution < -0.4 is 0 Å². The molecule has 1 atom stereocenters. The third-order valence-electron chi connectivity index (χ3n) is 1.39. The largest absolute Gasteiger partial charge is 0.348 e. The van der Waals surface area contributed by atoms with E-state index in [4.69, 9.17) is 14.7 Å². The van der Waals surface area contributed by atoms with Crippen molar-refractivity contribution in [1.82, 2.24) is 0 Å². The molecule has 1 fully saturated rings. The van der Waals surface area contributed by atoms with E-state index in [1.54, 1.807) is 0 Å². The SMILES string of the molecule is CC1(C)OC[C@@H](CC#N)O1. The average Bonchev–Trinajstić information content (AvgIpc) is 2.12. The van der Waals surface area contributed by atoms with E-state index < -0.39 is 5.79 Å². The van der Waals surface area contributed by atoms with E-state index in [2.05, 4.69) is 0 Å². The summed E-state index contributed by atoms with van der Waals surface area (Å²) in [6.07, 6.45) is 0.392. The monoisotopic (exact) mass is 141 g/mol. The average molecular weight is 141 g/mol. The Hall–Kier alpha value is -0.590. The van der Waals surface area contributed by atoms with Gasteiger partial charge in [0.25, 0.3) is 0 Å². The zero-order chi connectivity index (χ0) is 7.61. The lowest BCUT2D eigenvalue weighted by molar-refractivity contribution is -0.137. The fraction of sp³-hybridized carbons (Fsp3) is 0.857. The molecule has 0 aromatic carbocycles. The van der Waals surface area contributed by atoms with Crippen molar-refractivity contribution in [2.75, 3.05) is 6.61 Å². The first-order valence-corrected chi connectivity index (χ1v) is 3.33. The lowest BCUT2D eigenvalue weighted by atomic mass is 10.3. The van der Waals surface area contributed by atoms with Crippen LogP contribution in [0.15, 0.2) is 0 Å². The number of ether oxygens (including phenoxy) is 2. The highest BCUT2D eigenvalue weighted by Crippen LogP contribution is 2.23. The van der Waals surface area contributed by atoms with Gasteiger partial charge in [-0.05, 0) is 13.8 Å². The Labute approximate surface area is 60.5 Å². The van der Waals surface area contributed by atoms with Crippen molar-refractivity contribution in [3.63, 3.8) is 0 Å². The molecule has 56 valence electrons. The molecule has 3 heteroatoms. The van der Waals surface area contributed by atoms with Gasteiger partial charge in [-0.25, -0.2) is 0 Å². The van der Waals surface area contributed by atoms with Crippen LogP contribution in [-0.4, -0.2) is 18.5 Å². The Bertz CT molecular complexity index is 159. The smallest absolute Gasteiger partial charge is 0.163 e. The minimum absolute atomic E-state index is 0.0278. The van der Waals surface area contributed by atoms with Crippen molar-refractivity contribution >= 4 is 0 Å². The topological polar surface area (TPSA) is 42.2 Å². The van der Waals surface area contributed by atoms with E-state index in [1.807, 2.05) is 19.9 Å². The third kappa shape index (κ3) is 1.69. The minimum Gasteiger partial charge on any atom is -0.348 e. The van der Waals surface area contributed by atoms with Crippen molar-refractivity contribution in [3.8, 4) is 6.07 Å². The molecule has 3 nitrogen and oxygen atoms in total. The first-order chi connectivity index (χ1) is 4.64. The normalized spacial score (nSPS) is 29.9. The summed E-state index contributed by atoms with van der Waals surface area (Å²) < 4.78 is 10.6. The first-order valence-electron chi connectivity index (χ1n) is 3.33. The van der Waals surface area contributed by atoms with Crippen LogP contribution in [-0.2, 0) is 9.47 Å². The Morgan fingerprint density at radius 2 is 2.40 bits per heavy atom. The van der Waals surface area contributed by atoms with Gasteiger partial charge >= 0.3 is 0 Å². The maximum Gasteiger partial charge on any atom is 0.163 e. The van der Waals surface area contributed by atoms with Crippen molar-refractivity contribution < 1.29 is 9.47 Å². The van der Waals surface area contributed by atoms with E-state index in [-0.39, 0.29) is 6.10 Å². The highest BCUT2D eigenvalue weighted by atomic mass is 16.7. The predicted octanol–water partition coefficient (Wildman–Crippen LogP) is 1.05. The highest BCUT2D eigenvalue weighted by Gasteiger charge is 2.32. The van der Waals surface area contributed by atoms with Gasteiger partial charge in [0, 0.05) is 0 Å². The summed E-state index contributed by atoms with van der Waals surface area (Å²) in [5.41, 5.74) is 0. The van der Waals surface area contributed by atoms with Gasteiger partial charge < -0.3 is 9.47 Å². The number of nitrogens with zero attached hydrogens (tertiary/aromatic N) is 1. The second kappa shape index (κ2) is 2.57. The van der Waals surface area contributed by atoms with Crippen LogP contribution in [0.25, 0.3) is 0 Å². The molecule has 1 heterocycles. The van der Waals surface area contributed by atoms with Gasteiger partial charge in [-0.2, -0.15) is 5.26 Å². The fourth-order valence-electron chi connectivity index (χ4n) is 0.965. The second-order valence-corrected chi connectivity index (χ2v) is 2.81. The zero-order valence-corrected chi connectivity index (χ0v) is 6.26. The van der Waals surface area contributed by atoms with Crippen molar-refractivity contribution in [1.29, 1.82) is 5.26 Å². The molecule has 10 heavy (non-hydrogen) atoms. The van der Waals surface area contributed by atoms with E-state index in [0.717, 1.165) is 0 Å². The molecule has 0 aromatic heterocycles. The second-order valence-electron chi connectivity index (χ2n) is 2.81. The maximum absolute atomic E-state index is 8.31. The highest BCUT2D eigenvalue weighted by molar-refractivity contribution is 4.80. The van der Waals surface area contributed by atoms with Crippen LogP contribution in [0.3, 0.4) is 0 Å². The van der Waals surface area contributed by atoms with Crippen LogP contribution in [0, 0.1) is 11.3 Å². The molecule has 0 spiro atoms. The Kier molecular flexibility index (Phi) is 1.93. The summed E-state index contributed by atoms with van der Waals surface area (Å²) in [5, 5.41) is 8.31. The van der Waals surface area contributed by atoms with Crippen molar-refractivity contribution in [2.45, 2.75) is 32.2 Å². The van der Waals surface area contributed by atoms with Gasteiger partial charge in [0.1, 0.15) is 0 Å². The van der Waals surface area contributed by atoms with E-state index in [9.17, 15) is 0 Å². The summed E-state index contributed by atoms with van der Waals surface area (Å²) in [7, 11) is 0. The molecule has 1 rings (SSSR count). The van der Waals surface area contributed by atoms with Crippen LogP contribution in [0.2, 0.25) is 0 Å². The summed E-state index contributed by atoms with van der Waals surface area (Å²) in [6, 6.07) is 2.04. The number of nitriles is 1. The lowest BCUT2D eigenvalue weighted by Gasteiger charge is -2.15.